The van der Waals surface area contributed by atoms with Crippen molar-refractivity contribution in [3.63, 3.8) is 0 Å². The third-order valence-electron chi connectivity index (χ3n) is 6.28. The van der Waals surface area contributed by atoms with Crippen LogP contribution in [0.15, 0.2) is 53.5 Å². The highest BCUT2D eigenvalue weighted by molar-refractivity contribution is 5.79. The van der Waals surface area contributed by atoms with Crippen molar-refractivity contribution in [3.05, 3.63) is 65.5 Å². The Balaban J connectivity index is 1.54. The number of benzene rings is 2. The van der Waals surface area contributed by atoms with Gasteiger partial charge in [0.15, 0.2) is 5.96 Å². The van der Waals surface area contributed by atoms with Crippen LogP contribution in [0.2, 0.25) is 0 Å². The van der Waals surface area contributed by atoms with Gasteiger partial charge in [0.1, 0.15) is 11.6 Å². The zero-order chi connectivity index (χ0) is 22.1. The van der Waals surface area contributed by atoms with E-state index in [0.717, 1.165) is 49.6 Å². The van der Waals surface area contributed by atoms with E-state index < -0.39 is 0 Å². The average Bonchev–Trinajstić information content (AvgIpc) is 2.82. The highest BCUT2D eigenvalue weighted by Gasteiger charge is 2.34. The lowest BCUT2D eigenvalue weighted by molar-refractivity contribution is 0.0513. The summed E-state index contributed by atoms with van der Waals surface area (Å²) in [7, 11) is 3.47. The van der Waals surface area contributed by atoms with Crippen LogP contribution in [0.4, 0.5) is 4.39 Å². The van der Waals surface area contributed by atoms with Crippen LogP contribution in [-0.4, -0.2) is 46.4 Å². The standard InChI is InChI=1S/C25H34FN3O2/c1-19(20-4-10-23(30-3)11-5-20)12-15-28-24(27-2)29-18-25(13-16-31-17-14-25)21-6-8-22(26)9-7-21/h4-11,19H,12-18H2,1-3H3,(H2,27,28,29). The molecule has 0 saturated carbocycles. The van der Waals surface area contributed by atoms with Crippen LogP contribution in [0, 0.1) is 5.82 Å². The smallest absolute Gasteiger partial charge is 0.191 e. The summed E-state index contributed by atoms with van der Waals surface area (Å²) in [4.78, 5) is 4.39. The Bertz CT molecular complexity index is 831. The van der Waals surface area contributed by atoms with Gasteiger partial charge in [-0.25, -0.2) is 4.39 Å². The first kappa shape index (κ1) is 23.1. The van der Waals surface area contributed by atoms with Crippen molar-refractivity contribution in [2.45, 2.75) is 37.5 Å². The number of methoxy groups -OCH3 is 1. The van der Waals surface area contributed by atoms with Crippen molar-refractivity contribution >= 4 is 5.96 Å². The molecule has 1 unspecified atom stereocenters. The van der Waals surface area contributed by atoms with Crippen molar-refractivity contribution in [3.8, 4) is 5.75 Å². The van der Waals surface area contributed by atoms with Gasteiger partial charge in [0, 0.05) is 38.8 Å². The molecule has 5 nitrogen and oxygen atoms in total. The summed E-state index contributed by atoms with van der Waals surface area (Å²) >= 11 is 0. The highest BCUT2D eigenvalue weighted by Crippen LogP contribution is 2.34. The van der Waals surface area contributed by atoms with Crippen molar-refractivity contribution in [2.24, 2.45) is 4.99 Å². The van der Waals surface area contributed by atoms with Gasteiger partial charge in [0.2, 0.25) is 0 Å². The zero-order valence-corrected chi connectivity index (χ0v) is 18.8. The molecule has 2 N–H and O–H groups in total. The minimum atomic E-state index is -0.206. The summed E-state index contributed by atoms with van der Waals surface area (Å²) in [5, 5.41) is 6.93. The van der Waals surface area contributed by atoms with Gasteiger partial charge >= 0.3 is 0 Å². The zero-order valence-electron chi connectivity index (χ0n) is 18.8. The number of nitrogens with one attached hydrogen (secondary N) is 2. The first-order valence-electron chi connectivity index (χ1n) is 11.0. The number of hydrogen-bond acceptors (Lipinski definition) is 3. The topological polar surface area (TPSA) is 54.9 Å². The molecule has 1 saturated heterocycles. The number of rotatable bonds is 8. The quantitative estimate of drug-likeness (QED) is 0.489. The molecule has 1 aliphatic heterocycles. The molecular formula is C25H34FN3O2. The van der Waals surface area contributed by atoms with Crippen LogP contribution >= 0.6 is 0 Å². The average molecular weight is 428 g/mol. The molecule has 1 aliphatic rings. The molecule has 0 amide bonds. The van der Waals surface area contributed by atoms with Gasteiger partial charge in [-0.2, -0.15) is 0 Å². The van der Waals surface area contributed by atoms with E-state index >= 15 is 0 Å². The van der Waals surface area contributed by atoms with Gasteiger partial charge in [-0.3, -0.25) is 4.99 Å². The summed E-state index contributed by atoms with van der Waals surface area (Å²) in [6.07, 6.45) is 2.79. The Kier molecular flexibility index (Phi) is 8.29. The van der Waals surface area contributed by atoms with E-state index in [1.807, 2.05) is 24.3 Å². The maximum Gasteiger partial charge on any atom is 0.191 e. The van der Waals surface area contributed by atoms with Crippen LogP contribution in [0.5, 0.6) is 5.75 Å². The fourth-order valence-corrected chi connectivity index (χ4v) is 4.11. The molecule has 6 heteroatoms. The lowest BCUT2D eigenvalue weighted by Crippen LogP contribution is -2.48. The molecule has 3 rings (SSSR count). The van der Waals surface area contributed by atoms with Gasteiger partial charge in [0.05, 0.1) is 7.11 Å². The van der Waals surface area contributed by atoms with E-state index in [1.54, 1.807) is 26.3 Å². The Morgan fingerprint density at radius 3 is 2.39 bits per heavy atom. The maximum absolute atomic E-state index is 13.4. The molecule has 2 aromatic rings. The third-order valence-corrected chi connectivity index (χ3v) is 6.28. The Hall–Kier alpha value is -2.60. The Morgan fingerprint density at radius 1 is 1.10 bits per heavy atom. The minimum absolute atomic E-state index is 0.0834. The van der Waals surface area contributed by atoms with E-state index in [1.165, 1.54) is 5.56 Å². The molecule has 0 aromatic heterocycles. The SMILES string of the molecule is CN=C(NCCC(C)c1ccc(OC)cc1)NCC1(c2ccc(F)cc2)CCOCC1. The normalized spacial score (nSPS) is 17.1. The second kappa shape index (κ2) is 11.1. The molecule has 168 valence electrons. The molecule has 1 heterocycles. The first-order valence-corrected chi connectivity index (χ1v) is 11.0. The fourth-order valence-electron chi connectivity index (χ4n) is 4.11. The van der Waals surface area contributed by atoms with Crippen LogP contribution in [0.1, 0.15) is 43.2 Å². The number of nitrogens with zero attached hydrogens (tertiary/aromatic N) is 1. The van der Waals surface area contributed by atoms with Crippen LogP contribution in [0.3, 0.4) is 0 Å². The second-order valence-electron chi connectivity index (χ2n) is 8.22. The predicted molar refractivity (Wildman–Crippen MR) is 124 cm³/mol. The lowest BCUT2D eigenvalue weighted by Gasteiger charge is -2.38. The van der Waals surface area contributed by atoms with E-state index in [2.05, 4.69) is 34.7 Å². The van der Waals surface area contributed by atoms with Gasteiger partial charge in [-0.05, 0) is 60.6 Å². The van der Waals surface area contributed by atoms with Gasteiger partial charge < -0.3 is 20.1 Å². The monoisotopic (exact) mass is 427 g/mol. The van der Waals surface area contributed by atoms with E-state index in [-0.39, 0.29) is 11.2 Å². The summed E-state index contributed by atoms with van der Waals surface area (Å²) < 4.78 is 24.3. The molecule has 2 aromatic carbocycles. The molecule has 0 bridgehead atoms. The van der Waals surface area contributed by atoms with Crippen molar-refractivity contribution < 1.29 is 13.9 Å². The second-order valence-corrected chi connectivity index (χ2v) is 8.22. The van der Waals surface area contributed by atoms with Gasteiger partial charge in [-0.1, -0.05) is 31.2 Å². The maximum atomic E-state index is 13.4. The van der Waals surface area contributed by atoms with E-state index in [4.69, 9.17) is 9.47 Å². The summed E-state index contributed by atoms with van der Waals surface area (Å²) in [5.41, 5.74) is 2.36. The summed E-state index contributed by atoms with van der Waals surface area (Å²) in [5.74, 6) is 1.89. The molecule has 31 heavy (non-hydrogen) atoms. The summed E-state index contributed by atoms with van der Waals surface area (Å²) in [6, 6.07) is 15.1. The van der Waals surface area contributed by atoms with Gasteiger partial charge in [0.25, 0.3) is 0 Å². The van der Waals surface area contributed by atoms with Crippen molar-refractivity contribution in [1.82, 2.24) is 10.6 Å². The van der Waals surface area contributed by atoms with E-state index in [9.17, 15) is 4.39 Å². The molecule has 0 aliphatic carbocycles. The molecule has 1 fully saturated rings. The number of halogens is 1. The molecule has 0 radical (unpaired) electrons. The van der Waals surface area contributed by atoms with Crippen molar-refractivity contribution in [2.75, 3.05) is 40.5 Å². The number of guanidine groups is 1. The molecular weight excluding hydrogens is 393 g/mol. The predicted octanol–water partition coefficient (Wildman–Crippen LogP) is 4.24. The number of aliphatic imine (C=N–C) groups is 1. The number of ether oxygens (including phenoxy) is 2. The lowest BCUT2D eigenvalue weighted by atomic mass is 9.74. The highest BCUT2D eigenvalue weighted by atomic mass is 19.1. The van der Waals surface area contributed by atoms with Gasteiger partial charge in [-0.15, -0.1) is 0 Å². The Morgan fingerprint density at radius 2 is 1.77 bits per heavy atom. The largest absolute Gasteiger partial charge is 0.497 e. The summed E-state index contributed by atoms with van der Waals surface area (Å²) in [6.45, 7) is 5.20. The Labute approximate surface area is 185 Å². The fraction of sp³-hybridized carbons (Fsp3) is 0.480. The van der Waals surface area contributed by atoms with Crippen LogP contribution in [-0.2, 0) is 10.2 Å². The van der Waals surface area contributed by atoms with E-state index in [0.29, 0.717) is 19.1 Å². The van der Waals surface area contributed by atoms with Crippen LogP contribution in [0.25, 0.3) is 0 Å². The third kappa shape index (κ3) is 6.20. The molecule has 0 spiro atoms. The van der Waals surface area contributed by atoms with Crippen molar-refractivity contribution in [1.29, 1.82) is 0 Å². The molecule has 1 atom stereocenters. The van der Waals surface area contributed by atoms with Crippen LogP contribution < -0.4 is 15.4 Å². The first-order chi connectivity index (χ1) is 15.1. The number of hydrogen-bond donors (Lipinski definition) is 2. The minimum Gasteiger partial charge on any atom is -0.497 e.